The van der Waals surface area contributed by atoms with Gasteiger partial charge in [-0.25, -0.2) is 0 Å². The van der Waals surface area contributed by atoms with Crippen LogP contribution >= 0.6 is 0 Å². The van der Waals surface area contributed by atoms with Crippen molar-refractivity contribution in [1.82, 2.24) is 15.8 Å². The Kier molecular flexibility index (Phi) is 8.64. The molecule has 1 heterocycles. The molecule has 0 aliphatic heterocycles. The van der Waals surface area contributed by atoms with Gasteiger partial charge in [0.05, 0.1) is 27.0 Å². The monoisotopic (exact) mass is 404 g/mol. The second-order valence-corrected chi connectivity index (χ2v) is 6.33. The third kappa shape index (κ3) is 5.34. The fraction of sp³-hybridized carbons (Fsp3) is 0.524. The Balaban J connectivity index is 1.98. The lowest BCUT2D eigenvalue weighted by Crippen LogP contribution is -2.38. The van der Waals surface area contributed by atoms with Gasteiger partial charge in [-0.15, -0.1) is 0 Å². The molecule has 0 atom stereocenters. The van der Waals surface area contributed by atoms with E-state index in [1.54, 1.807) is 28.4 Å². The van der Waals surface area contributed by atoms with Gasteiger partial charge in [0.1, 0.15) is 5.76 Å². The summed E-state index contributed by atoms with van der Waals surface area (Å²) in [6, 6.07) is 3.87. The quantitative estimate of drug-likeness (QED) is 0.465. The maximum absolute atomic E-state index is 5.55. The minimum atomic E-state index is 0.599. The van der Waals surface area contributed by atoms with Crippen molar-refractivity contribution in [1.29, 1.82) is 0 Å². The van der Waals surface area contributed by atoms with Crippen LogP contribution in [0.3, 0.4) is 0 Å². The summed E-state index contributed by atoms with van der Waals surface area (Å²) in [7, 11) is 6.59. The number of aliphatic imine (C=N–C) groups is 1. The first kappa shape index (κ1) is 22.4. The predicted octanol–water partition coefficient (Wildman–Crippen LogP) is 2.73. The zero-order chi connectivity index (χ0) is 21.2. The Morgan fingerprint density at radius 2 is 1.79 bits per heavy atom. The van der Waals surface area contributed by atoms with Crippen LogP contribution in [0.4, 0.5) is 0 Å². The summed E-state index contributed by atoms with van der Waals surface area (Å²) in [6.07, 6.45) is 2.39. The normalized spacial score (nSPS) is 11.3. The lowest BCUT2D eigenvalue weighted by Gasteiger charge is -2.16. The van der Waals surface area contributed by atoms with Crippen LogP contribution in [0.25, 0.3) is 0 Å². The van der Waals surface area contributed by atoms with Crippen molar-refractivity contribution in [2.45, 2.75) is 39.7 Å². The Bertz CT molecular complexity index is 796. The summed E-state index contributed by atoms with van der Waals surface area (Å²) in [5, 5.41) is 10.8. The van der Waals surface area contributed by atoms with E-state index in [0.717, 1.165) is 47.8 Å². The van der Waals surface area contributed by atoms with Crippen LogP contribution < -0.4 is 24.8 Å². The molecule has 0 aliphatic carbocycles. The molecule has 2 N–H and O–H groups in total. The third-order valence-corrected chi connectivity index (χ3v) is 4.74. The molecule has 0 saturated carbocycles. The van der Waals surface area contributed by atoms with Gasteiger partial charge in [-0.3, -0.25) is 4.99 Å². The van der Waals surface area contributed by atoms with Crippen molar-refractivity contribution in [3.63, 3.8) is 0 Å². The van der Waals surface area contributed by atoms with Crippen LogP contribution in [0.1, 0.15) is 36.4 Å². The van der Waals surface area contributed by atoms with Crippen LogP contribution in [0.15, 0.2) is 21.6 Å². The minimum Gasteiger partial charge on any atom is -0.493 e. The number of aryl methyl sites for hydroxylation is 2. The number of hydrogen-bond acceptors (Lipinski definition) is 6. The van der Waals surface area contributed by atoms with E-state index in [2.05, 4.69) is 34.6 Å². The number of methoxy groups -OCH3 is 3. The smallest absolute Gasteiger partial charge is 0.203 e. The lowest BCUT2D eigenvalue weighted by molar-refractivity contribution is 0.322. The summed E-state index contributed by atoms with van der Waals surface area (Å²) in [5.74, 6) is 3.56. The van der Waals surface area contributed by atoms with Gasteiger partial charge in [-0.1, -0.05) is 25.1 Å². The van der Waals surface area contributed by atoms with Gasteiger partial charge in [0, 0.05) is 37.7 Å². The molecule has 0 radical (unpaired) electrons. The minimum absolute atomic E-state index is 0.599. The molecule has 160 valence electrons. The van der Waals surface area contributed by atoms with E-state index in [0.29, 0.717) is 30.3 Å². The van der Waals surface area contributed by atoms with Gasteiger partial charge in [0.25, 0.3) is 0 Å². The highest BCUT2D eigenvalue weighted by molar-refractivity contribution is 5.79. The molecule has 1 aromatic heterocycles. The number of nitrogens with zero attached hydrogens (tertiary/aromatic N) is 2. The molecule has 8 heteroatoms. The van der Waals surface area contributed by atoms with E-state index in [4.69, 9.17) is 18.7 Å². The van der Waals surface area contributed by atoms with Gasteiger partial charge < -0.3 is 29.4 Å². The molecule has 0 aliphatic rings. The second-order valence-electron chi connectivity index (χ2n) is 6.33. The molecular formula is C21H32N4O4. The highest BCUT2D eigenvalue weighted by Crippen LogP contribution is 2.39. The standard InChI is InChI=1S/C21H32N4O4/c1-7-16-15(17(8-2)29-25-16)13-24-21(22-3)23-12-11-14-9-10-18(26-4)20(28-6)19(14)27-5/h9-10H,7-8,11-13H2,1-6H3,(H2,22,23,24). The van der Waals surface area contributed by atoms with Crippen molar-refractivity contribution in [3.8, 4) is 17.2 Å². The van der Waals surface area contributed by atoms with Crippen LogP contribution in [0.2, 0.25) is 0 Å². The lowest BCUT2D eigenvalue weighted by atomic mass is 10.1. The molecule has 0 fully saturated rings. The van der Waals surface area contributed by atoms with E-state index in [9.17, 15) is 0 Å². The Hall–Kier alpha value is -2.90. The van der Waals surface area contributed by atoms with Crippen molar-refractivity contribution in [2.24, 2.45) is 4.99 Å². The van der Waals surface area contributed by atoms with Crippen molar-refractivity contribution >= 4 is 5.96 Å². The van der Waals surface area contributed by atoms with E-state index in [1.807, 2.05) is 12.1 Å². The van der Waals surface area contributed by atoms with Crippen LogP contribution in [0.5, 0.6) is 17.2 Å². The first-order valence-corrected chi connectivity index (χ1v) is 9.81. The van der Waals surface area contributed by atoms with Crippen molar-refractivity contribution in [2.75, 3.05) is 34.9 Å². The molecule has 0 unspecified atom stereocenters. The molecule has 0 bridgehead atoms. The Morgan fingerprint density at radius 1 is 1.03 bits per heavy atom. The molecule has 0 amide bonds. The molecule has 0 spiro atoms. The number of aromatic nitrogens is 1. The van der Waals surface area contributed by atoms with Crippen LogP contribution in [-0.2, 0) is 25.8 Å². The van der Waals surface area contributed by atoms with Crippen molar-refractivity contribution < 1.29 is 18.7 Å². The highest BCUT2D eigenvalue weighted by atomic mass is 16.5. The van der Waals surface area contributed by atoms with E-state index in [1.165, 1.54) is 0 Å². The Labute approximate surface area is 172 Å². The number of benzene rings is 1. The predicted molar refractivity (Wildman–Crippen MR) is 113 cm³/mol. The summed E-state index contributed by atoms with van der Waals surface area (Å²) in [6.45, 7) is 5.43. The van der Waals surface area contributed by atoms with Gasteiger partial charge in [0.15, 0.2) is 17.5 Å². The van der Waals surface area contributed by atoms with E-state index in [-0.39, 0.29) is 0 Å². The maximum atomic E-state index is 5.55. The Morgan fingerprint density at radius 3 is 2.38 bits per heavy atom. The van der Waals surface area contributed by atoms with Crippen LogP contribution in [0, 0.1) is 0 Å². The molecule has 0 saturated heterocycles. The second kappa shape index (κ2) is 11.2. The largest absolute Gasteiger partial charge is 0.493 e. The van der Waals surface area contributed by atoms with Gasteiger partial charge >= 0.3 is 0 Å². The van der Waals surface area contributed by atoms with Gasteiger partial charge in [0.2, 0.25) is 5.75 Å². The topological polar surface area (TPSA) is 90.1 Å². The van der Waals surface area contributed by atoms with E-state index >= 15 is 0 Å². The fourth-order valence-corrected chi connectivity index (χ4v) is 3.21. The van der Waals surface area contributed by atoms with Gasteiger partial charge in [-0.2, -0.15) is 0 Å². The molecular weight excluding hydrogens is 372 g/mol. The molecule has 8 nitrogen and oxygen atoms in total. The fourth-order valence-electron chi connectivity index (χ4n) is 3.21. The number of ether oxygens (including phenoxy) is 3. The van der Waals surface area contributed by atoms with Crippen LogP contribution in [-0.4, -0.2) is 46.0 Å². The SMILES string of the molecule is CCc1noc(CC)c1CNC(=NC)NCCc1ccc(OC)c(OC)c1OC. The highest BCUT2D eigenvalue weighted by Gasteiger charge is 2.16. The average Bonchev–Trinajstić information content (AvgIpc) is 3.17. The van der Waals surface area contributed by atoms with Gasteiger partial charge in [-0.05, 0) is 18.9 Å². The summed E-state index contributed by atoms with van der Waals surface area (Å²) >= 11 is 0. The number of guanidine groups is 1. The maximum Gasteiger partial charge on any atom is 0.203 e. The summed E-state index contributed by atoms with van der Waals surface area (Å²) < 4.78 is 21.8. The zero-order valence-corrected chi connectivity index (χ0v) is 18.2. The van der Waals surface area contributed by atoms with Crippen molar-refractivity contribution in [3.05, 3.63) is 34.7 Å². The van der Waals surface area contributed by atoms with E-state index < -0.39 is 0 Å². The molecule has 2 rings (SSSR count). The zero-order valence-electron chi connectivity index (χ0n) is 18.2. The average molecular weight is 405 g/mol. The number of hydrogen-bond donors (Lipinski definition) is 2. The number of rotatable bonds is 10. The molecule has 1 aromatic carbocycles. The third-order valence-electron chi connectivity index (χ3n) is 4.74. The summed E-state index contributed by atoms with van der Waals surface area (Å²) in [4.78, 5) is 4.30. The first-order chi connectivity index (χ1) is 14.1. The first-order valence-electron chi connectivity index (χ1n) is 9.81. The molecule has 2 aromatic rings. The summed E-state index contributed by atoms with van der Waals surface area (Å²) in [5.41, 5.74) is 3.12. The molecule has 29 heavy (non-hydrogen) atoms. The number of nitrogens with one attached hydrogen (secondary N) is 2.